The highest BCUT2D eigenvalue weighted by Crippen LogP contribution is 2.44. The Kier molecular flexibility index (Phi) is 8.53. The highest BCUT2D eigenvalue weighted by atomic mass is 15.1. The molecule has 2 aromatic heterocycles. The number of rotatable bonds is 7. The molecule has 65 heavy (non-hydrogen) atoms. The van der Waals surface area contributed by atoms with Crippen LogP contribution in [0.25, 0.3) is 98.8 Å². The first-order valence-electron chi connectivity index (χ1n) is 22.3. The zero-order valence-corrected chi connectivity index (χ0v) is 35.5. The highest BCUT2D eigenvalue weighted by Gasteiger charge is 2.20. The molecule has 0 aliphatic heterocycles. The summed E-state index contributed by atoms with van der Waals surface area (Å²) >= 11 is 0. The maximum absolute atomic E-state index is 2.43. The van der Waals surface area contributed by atoms with Crippen LogP contribution in [0.3, 0.4) is 0 Å². The molecule has 0 N–H and O–H groups in total. The lowest BCUT2D eigenvalue weighted by Gasteiger charge is -2.28. The van der Waals surface area contributed by atoms with Crippen molar-refractivity contribution in [3.05, 3.63) is 249 Å². The van der Waals surface area contributed by atoms with Crippen LogP contribution >= 0.6 is 0 Å². The third-order valence-corrected chi connectivity index (χ3v) is 13.3. The van der Waals surface area contributed by atoms with E-state index in [1.807, 2.05) is 0 Å². The van der Waals surface area contributed by atoms with Crippen molar-refractivity contribution in [1.29, 1.82) is 0 Å². The minimum atomic E-state index is 1.09. The van der Waals surface area contributed by atoms with Gasteiger partial charge in [-0.15, -0.1) is 0 Å². The molecule has 0 bridgehead atoms. The fraction of sp³-hybridized carbons (Fsp3) is 0. The normalized spacial score (nSPS) is 11.7. The molecule has 0 aliphatic carbocycles. The fourth-order valence-electron chi connectivity index (χ4n) is 10.4. The van der Waals surface area contributed by atoms with E-state index in [0.717, 1.165) is 39.6 Å². The van der Waals surface area contributed by atoms with Gasteiger partial charge in [0.2, 0.25) is 0 Å². The lowest BCUT2D eigenvalue weighted by atomic mass is 9.98. The topological polar surface area (TPSA) is 13.1 Å². The molecule has 0 aliphatic rings. The third-order valence-electron chi connectivity index (χ3n) is 13.3. The van der Waals surface area contributed by atoms with Gasteiger partial charge in [0.15, 0.2) is 0 Å². The molecule has 11 aromatic carbocycles. The Bertz CT molecular complexity index is 3840. The van der Waals surface area contributed by atoms with Crippen molar-refractivity contribution in [2.75, 3.05) is 4.90 Å². The van der Waals surface area contributed by atoms with Crippen molar-refractivity contribution in [3.8, 4) is 33.6 Å². The van der Waals surface area contributed by atoms with Gasteiger partial charge in [0.25, 0.3) is 0 Å². The molecule has 0 radical (unpaired) electrons. The first-order valence-corrected chi connectivity index (χ1v) is 22.3. The van der Waals surface area contributed by atoms with Crippen molar-refractivity contribution in [2.24, 2.45) is 0 Å². The lowest BCUT2D eigenvalue weighted by Crippen LogP contribution is -2.10. The van der Waals surface area contributed by atoms with Crippen LogP contribution in [0, 0.1) is 0 Å². The van der Waals surface area contributed by atoms with Crippen LogP contribution in [0.5, 0.6) is 0 Å². The summed E-state index contributed by atoms with van der Waals surface area (Å²) in [4.78, 5) is 2.43. The van der Waals surface area contributed by atoms with E-state index in [-0.39, 0.29) is 0 Å². The van der Waals surface area contributed by atoms with E-state index in [9.17, 15) is 0 Å². The van der Waals surface area contributed by atoms with E-state index in [0.29, 0.717) is 0 Å². The second kappa shape index (κ2) is 15.0. The number of hydrogen-bond acceptors (Lipinski definition) is 1. The third kappa shape index (κ3) is 5.97. The molecule has 304 valence electrons. The highest BCUT2D eigenvalue weighted by molar-refractivity contribution is 6.15. The largest absolute Gasteiger partial charge is 0.310 e. The standard InChI is InChI=1S/C62H41N3/c1-2-19-49-45(16-1)41-62(52-22-4-3-21-51(49)52)63(46-36-32-42(33-37-46)44-17-15-18-48(40-44)64-58-28-11-6-23-53(58)54-24-7-12-29-59(54)64)47-38-34-43(35-39-47)50-20-5-10-27-57(50)65-60-30-13-8-25-55(60)56-26-9-14-31-61(56)65/h1-41H. The van der Waals surface area contributed by atoms with Gasteiger partial charge in [-0.1, -0.05) is 176 Å². The minimum absolute atomic E-state index is 1.09. The quantitative estimate of drug-likeness (QED) is 0.146. The zero-order valence-electron chi connectivity index (χ0n) is 35.5. The number of para-hydroxylation sites is 5. The Morgan fingerprint density at radius 3 is 1.34 bits per heavy atom. The number of anilines is 3. The second-order valence-corrected chi connectivity index (χ2v) is 16.9. The maximum atomic E-state index is 2.43. The number of fused-ring (bicyclic) bond motifs is 9. The molecule has 0 spiro atoms. The molecule has 0 atom stereocenters. The summed E-state index contributed by atoms with van der Waals surface area (Å²) in [7, 11) is 0. The van der Waals surface area contributed by atoms with Crippen LogP contribution in [0.1, 0.15) is 0 Å². The maximum Gasteiger partial charge on any atom is 0.0546 e. The smallest absolute Gasteiger partial charge is 0.0546 e. The fourth-order valence-corrected chi connectivity index (χ4v) is 10.4. The summed E-state index contributed by atoms with van der Waals surface area (Å²) in [5, 5.41) is 9.94. The number of aromatic nitrogens is 2. The van der Waals surface area contributed by atoms with Crippen LogP contribution in [0.4, 0.5) is 17.1 Å². The number of hydrogen-bond donors (Lipinski definition) is 0. The first-order chi connectivity index (χ1) is 32.3. The Labute approximate surface area is 376 Å². The van der Waals surface area contributed by atoms with Crippen molar-refractivity contribution >= 4 is 82.2 Å². The average molecular weight is 828 g/mol. The Morgan fingerprint density at radius 1 is 0.277 bits per heavy atom. The molecule has 3 heteroatoms. The van der Waals surface area contributed by atoms with Crippen LogP contribution in [0.15, 0.2) is 249 Å². The van der Waals surface area contributed by atoms with Crippen LogP contribution < -0.4 is 4.90 Å². The summed E-state index contributed by atoms with van der Waals surface area (Å²) in [6.45, 7) is 0. The van der Waals surface area contributed by atoms with E-state index < -0.39 is 0 Å². The van der Waals surface area contributed by atoms with Gasteiger partial charge in [0, 0.05) is 49.6 Å². The molecule has 13 aromatic rings. The van der Waals surface area contributed by atoms with Gasteiger partial charge >= 0.3 is 0 Å². The van der Waals surface area contributed by atoms with E-state index in [4.69, 9.17) is 0 Å². The summed E-state index contributed by atoms with van der Waals surface area (Å²) < 4.78 is 4.81. The predicted octanol–water partition coefficient (Wildman–Crippen LogP) is 17.0. The van der Waals surface area contributed by atoms with Crippen molar-refractivity contribution in [1.82, 2.24) is 9.13 Å². The SMILES string of the molecule is c1cc(-c2ccc(N(c3ccc(-c4ccccc4-n4c5ccccc5c5ccccc54)cc3)c3cc4ccccc4c4ccccc34)cc2)cc(-n2c3ccccc3c3ccccc32)c1. The molecule has 0 saturated carbocycles. The van der Waals surface area contributed by atoms with Crippen LogP contribution in [-0.4, -0.2) is 9.13 Å². The van der Waals surface area contributed by atoms with Gasteiger partial charge in [-0.2, -0.15) is 0 Å². The Hall–Kier alpha value is -8.66. The van der Waals surface area contributed by atoms with Crippen LogP contribution in [0.2, 0.25) is 0 Å². The van der Waals surface area contributed by atoms with Gasteiger partial charge in [-0.3, -0.25) is 0 Å². The Morgan fingerprint density at radius 2 is 0.738 bits per heavy atom. The van der Waals surface area contributed by atoms with E-state index in [1.165, 1.54) is 76.3 Å². The molecule has 0 fully saturated rings. The first kappa shape index (κ1) is 36.9. The van der Waals surface area contributed by atoms with Gasteiger partial charge in [-0.05, 0) is 106 Å². The predicted molar refractivity (Wildman–Crippen MR) is 276 cm³/mol. The molecule has 2 heterocycles. The van der Waals surface area contributed by atoms with E-state index in [1.54, 1.807) is 0 Å². The second-order valence-electron chi connectivity index (χ2n) is 16.9. The molecule has 0 unspecified atom stereocenters. The van der Waals surface area contributed by atoms with Gasteiger partial charge < -0.3 is 14.0 Å². The average Bonchev–Trinajstić information content (AvgIpc) is 3.90. The van der Waals surface area contributed by atoms with Gasteiger partial charge in [0.05, 0.1) is 33.4 Å². The van der Waals surface area contributed by atoms with Crippen molar-refractivity contribution in [3.63, 3.8) is 0 Å². The monoisotopic (exact) mass is 827 g/mol. The molecule has 0 saturated heterocycles. The van der Waals surface area contributed by atoms with Crippen molar-refractivity contribution in [2.45, 2.75) is 0 Å². The van der Waals surface area contributed by atoms with Crippen LogP contribution in [-0.2, 0) is 0 Å². The molecular weight excluding hydrogens is 787 g/mol. The Balaban J connectivity index is 0.937. The summed E-state index contributed by atoms with van der Waals surface area (Å²) in [6.07, 6.45) is 0. The van der Waals surface area contributed by atoms with E-state index in [2.05, 4.69) is 263 Å². The molecule has 13 rings (SSSR count). The summed E-state index contributed by atoms with van der Waals surface area (Å²) in [5.74, 6) is 0. The molecular formula is C62H41N3. The van der Waals surface area contributed by atoms with E-state index >= 15 is 0 Å². The van der Waals surface area contributed by atoms with Crippen molar-refractivity contribution < 1.29 is 0 Å². The summed E-state index contributed by atoms with van der Waals surface area (Å²) in [5.41, 5.74) is 15.1. The number of nitrogens with zero attached hydrogens (tertiary/aromatic N) is 3. The molecule has 0 amide bonds. The minimum Gasteiger partial charge on any atom is -0.310 e. The van der Waals surface area contributed by atoms with Gasteiger partial charge in [0.1, 0.15) is 0 Å². The van der Waals surface area contributed by atoms with Gasteiger partial charge in [-0.25, -0.2) is 0 Å². The zero-order chi connectivity index (χ0) is 42.8. The number of benzene rings is 11. The lowest BCUT2D eigenvalue weighted by molar-refractivity contribution is 1.18. The summed E-state index contributed by atoms with van der Waals surface area (Å²) in [6, 6.07) is 90.7. The molecule has 3 nitrogen and oxygen atoms in total.